The minimum absolute atomic E-state index is 0.367. The number of pyridine rings is 1. The number of anilines is 2. The lowest BCUT2D eigenvalue weighted by atomic mass is 10.1. The van der Waals surface area contributed by atoms with Crippen LogP contribution in [-0.4, -0.2) is 17.0 Å². The van der Waals surface area contributed by atoms with Crippen LogP contribution in [0, 0.1) is 0 Å². The molecule has 2 aromatic rings. The summed E-state index contributed by atoms with van der Waals surface area (Å²) in [6, 6.07) is 11.3. The van der Waals surface area contributed by atoms with E-state index in [0.717, 1.165) is 17.1 Å². The molecule has 0 aliphatic heterocycles. The van der Waals surface area contributed by atoms with Crippen LogP contribution in [0.2, 0.25) is 5.02 Å². The molecule has 0 aliphatic carbocycles. The summed E-state index contributed by atoms with van der Waals surface area (Å²) in [5, 5.41) is 0.606. The van der Waals surface area contributed by atoms with Crippen molar-refractivity contribution < 1.29 is 0 Å². The standard InChI is InChI=1S/C13H12ClN3S/c1-17(12-7-6-9(14)8-16-12)11-5-3-2-4-10(11)13(15)18/h2-8H,1H3,(H2,15,18). The second-order valence-corrected chi connectivity index (χ2v) is 4.65. The Kier molecular flexibility index (Phi) is 3.79. The Morgan fingerprint density at radius 2 is 2.00 bits per heavy atom. The van der Waals surface area contributed by atoms with Crippen molar-refractivity contribution in [2.24, 2.45) is 5.73 Å². The lowest BCUT2D eigenvalue weighted by molar-refractivity contribution is 1.12. The fourth-order valence-corrected chi connectivity index (χ4v) is 1.95. The number of aromatic nitrogens is 1. The van der Waals surface area contributed by atoms with E-state index >= 15 is 0 Å². The van der Waals surface area contributed by atoms with E-state index in [1.54, 1.807) is 12.3 Å². The normalized spacial score (nSPS) is 10.1. The van der Waals surface area contributed by atoms with Gasteiger partial charge in [-0.15, -0.1) is 0 Å². The van der Waals surface area contributed by atoms with E-state index in [2.05, 4.69) is 4.98 Å². The summed E-state index contributed by atoms with van der Waals surface area (Å²) in [6.07, 6.45) is 1.61. The average molecular weight is 278 g/mol. The zero-order valence-corrected chi connectivity index (χ0v) is 11.4. The first-order valence-corrected chi connectivity index (χ1v) is 6.12. The summed E-state index contributed by atoms with van der Waals surface area (Å²) < 4.78 is 0. The largest absolute Gasteiger partial charge is 0.389 e. The van der Waals surface area contributed by atoms with Gasteiger partial charge in [0.15, 0.2) is 0 Å². The van der Waals surface area contributed by atoms with Crippen molar-refractivity contribution >= 4 is 40.3 Å². The molecule has 0 radical (unpaired) electrons. The molecule has 18 heavy (non-hydrogen) atoms. The highest BCUT2D eigenvalue weighted by molar-refractivity contribution is 7.80. The number of nitrogens with zero attached hydrogens (tertiary/aromatic N) is 2. The molecular formula is C13H12ClN3S. The molecule has 2 rings (SSSR count). The summed E-state index contributed by atoms with van der Waals surface area (Å²) in [7, 11) is 1.91. The number of benzene rings is 1. The maximum Gasteiger partial charge on any atom is 0.132 e. The van der Waals surface area contributed by atoms with Gasteiger partial charge in [0.1, 0.15) is 10.8 Å². The molecule has 0 atom stereocenters. The Morgan fingerprint density at radius 3 is 2.61 bits per heavy atom. The van der Waals surface area contributed by atoms with Gasteiger partial charge in [0.05, 0.1) is 10.7 Å². The van der Waals surface area contributed by atoms with E-state index in [1.165, 1.54) is 0 Å². The van der Waals surface area contributed by atoms with Crippen LogP contribution in [0.5, 0.6) is 0 Å². The number of para-hydroxylation sites is 1. The Balaban J connectivity index is 2.42. The molecular weight excluding hydrogens is 266 g/mol. The molecule has 3 nitrogen and oxygen atoms in total. The zero-order chi connectivity index (χ0) is 13.1. The van der Waals surface area contributed by atoms with Crippen LogP contribution in [0.3, 0.4) is 0 Å². The Hall–Kier alpha value is -1.65. The first kappa shape index (κ1) is 12.8. The van der Waals surface area contributed by atoms with E-state index in [0.29, 0.717) is 10.0 Å². The Morgan fingerprint density at radius 1 is 1.28 bits per heavy atom. The summed E-state index contributed by atoms with van der Waals surface area (Å²) in [6.45, 7) is 0. The van der Waals surface area contributed by atoms with E-state index in [4.69, 9.17) is 29.6 Å². The minimum Gasteiger partial charge on any atom is -0.389 e. The third-order valence-corrected chi connectivity index (χ3v) is 3.03. The topological polar surface area (TPSA) is 42.2 Å². The molecule has 0 fully saturated rings. The van der Waals surface area contributed by atoms with Crippen molar-refractivity contribution in [1.29, 1.82) is 0 Å². The van der Waals surface area contributed by atoms with Gasteiger partial charge in [-0.2, -0.15) is 0 Å². The van der Waals surface area contributed by atoms with E-state index in [9.17, 15) is 0 Å². The van der Waals surface area contributed by atoms with Crippen LogP contribution in [0.1, 0.15) is 5.56 Å². The second kappa shape index (κ2) is 5.33. The molecule has 5 heteroatoms. The first-order valence-electron chi connectivity index (χ1n) is 5.33. The van der Waals surface area contributed by atoms with Gasteiger partial charge < -0.3 is 10.6 Å². The summed E-state index contributed by atoms with van der Waals surface area (Å²) in [5.41, 5.74) is 7.46. The highest BCUT2D eigenvalue weighted by Crippen LogP contribution is 2.26. The molecule has 0 aliphatic rings. The summed E-state index contributed by atoms with van der Waals surface area (Å²) in [5.74, 6) is 0.781. The molecule has 1 aromatic heterocycles. The first-order chi connectivity index (χ1) is 8.59. The molecule has 1 heterocycles. The molecule has 0 unspecified atom stereocenters. The Labute approximate surface area is 116 Å². The third kappa shape index (κ3) is 2.60. The summed E-state index contributed by atoms with van der Waals surface area (Å²) in [4.78, 5) is 6.55. The lowest BCUT2D eigenvalue weighted by Gasteiger charge is -2.21. The zero-order valence-electron chi connectivity index (χ0n) is 9.80. The monoisotopic (exact) mass is 277 g/mol. The third-order valence-electron chi connectivity index (χ3n) is 2.59. The Bertz CT molecular complexity index is 569. The second-order valence-electron chi connectivity index (χ2n) is 3.78. The van der Waals surface area contributed by atoms with Gasteiger partial charge >= 0.3 is 0 Å². The molecule has 0 saturated carbocycles. The van der Waals surface area contributed by atoms with Crippen LogP contribution in [-0.2, 0) is 0 Å². The number of halogens is 1. The highest BCUT2D eigenvalue weighted by Gasteiger charge is 2.11. The molecule has 0 spiro atoms. The van der Waals surface area contributed by atoms with E-state index in [-0.39, 0.29) is 0 Å². The van der Waals surface area contributed by atoms with Crippen LogP contribution in [0.25, 0.3) is 0 Å². The molecule has 2 N–H and O–H groups in total. The molecule has 0 bridgehead atoms. The highest BCUT2D eigenvalue weighted by atomic mass is 35.5. The molecule has 92 valence electrons. The van der Waals surface area contributed by atoms with Gasteiger partial charge in [0, 0.05) is 18.8 Å². The summed E-state index contributed by atoms with van der Waals surface area (Å²) >= 11 is 10.9. The molecule has 0 amide bonds. The predicted molar refractivity (Wildman–Crippen MR) is 79.6 cm³/mol. The quantitative estimate of drug-likeness (QED) is 0.875. The van der Waals surface area contributed by atoms with E-state index < -0.39 is 0 Å². The van der Waals surface area contributed by atoms with Crippen molar-refractivity contribution in [3.8, 4) is 0 Å². The predicted octanol–water partition coefficient (Wildman–Crippen LogP) is 3.14. The molecule has 0 saturated heterocycles. The van der Waals surface area contributed by atoms with Crippen molar-refractivity contribution in [2.45, 2.75) is 0 Å². The van der Waals surface area contributed by atoms with Gasteiger partial charge in [-0.05, 0) is 24.3 Å². The van der Waals surface area contributed by atoms with Crippen molar-refractivity contribution in [3.63, 3.8) is 0 Å². The van der Waals surface area contributed by atoms with Crippen LogP contribution < -0.4 is 10.6 Å². The number of hydrogen-bond donors (Lipinski definition) is 1. The number of nitrogens with two attached hydrogens (primary N) is 1. The fraction of sp³-hybridized carbons (Fsp3) is 0.0769. The maximum atomic E-state index is 5.82. The fourth-order valence-electron chi connectivity index (χ4n) is 1.66. The number of rotatable bonds is 3. The van der Waals surface area contributed by atoms with Crippen LogP contribution in [0.4, 0.5) is 11.5 Å². The van der Waals surface area contributed by atoms with Crippen LogP contribution in [0.15, 0.2) is 42.6 Å². The van der Waals surface area contributed by atoms with Crippen molar-refractivity contribution in [3.05, 3.63) is 53.2 Å². The molecule has 1 aromatic carbocycles. The number of hydrogen-bond acceptors (Lipinski definition) is 3. The van der Waals surface area contributed by atoms with Gasteiger partial charge in [0.25, 0.3) is 0 Å². The minimum atomic E-state index is 0.367. The van der Waals surface area contributed by atoms with Gasteiger partial charge in [-0.3, -0.25) is 0 Å². The SMILES string of the molecule is CN(c1ccc(Cl)cn1)c1ccccc1C(N)=S. The van der Waals surface area contributed by atoms with E-state index in [1.807, 2.05) is 42.3 Å². The number of thiocarbonyl (C=S) groups is 1. The smallest absolute Gasteiger partial charge is 0.132 e. The maximum absolute atomic E-state index is 5.82. The average Bonchev–Trinajstić information content (AvgIpc) is 2.39. The van der Waals surface area contributed by atoms with Crippen LogP contribution >= 0.6 is 23.8 Å². The van der Waals surface area contributed by atoms with Gasteiger partial charge in [-0.25, -0.2) is 4.98 Å². The van der Waals surface area contributed by atoms with Crippen molar-refractivity contribution in [2.75, 3.05) is 11.9 Å². The van der Waals surface area contributed by atoms with Gasteiger partial charge in [0.2, 0.25) is 0 Å². The lowest BCUT2D eigenvalue weighted by Crippen LogP contribution is -2.18. The van der Waals surface area contributed by atoms with Gasteiger partial charge in [-0.1, -0.05) is 36.0 Å². The van der Waals surface area contributed by atoms with Crippen molar-refractivity contribution in [1.82, 2.24) is 4.98 Å².